The highest BCUT2D eigenvalue weighted by atomic mass is 32.2. The Bertz CT molecular complexity index is 605. The minimum atomic E-state index is -3.64. The fraction of sp³-hybridized carbons (Fsp3) is 0.714. The lowest BCUT2D eigenvalue weighted by molar-refractivity contribution is 0.0979. The molecule has 0 aliphatic heterocycles. The Morgan fingerprint density at radius 3 is 2.43 bits per heavy atom. The molecule has 0 spiro atoms. The summed E-state index contributed by atoms with van der Waals surface area (Å²) in [6, 6.07) is 0. The normalized spacial score (nSPS) is 13.2. The number of aryl methyl sites for hydroxylation is 2. The molecular weight excluding hydrogens is 290 g/mol. The SMILES string of the molecule is CCCC(C)S(=O)(=O)NC(=O)c1c(C)nn(CCC)c1C. The minimum absolute atomic E-state index is 0.357. The molecule has 0 aliphatic carbocycles. The summed E-state index contributed by atoms with van der Waals surface area (Å²) in [6.07, 6.45) is 2.17. The first-order valence-electron chi connectivity index (χ1n) is 7.34. The van der Waals surface area contributed by atoms with Crippen LogP contribution < -0.4 is 4.72 Å². The molecule has 1 aromatic rings. The molecule has 7 heteroatoms. The van der Waals surface area contributed by atoms with E-state index in [0.29, 0.717) is 29.9 Å². The van der Waals surface area contributed by atoms with Gasteiger partial charge < -0.3 is 0 Å². The number of hydrogen-bond donors (Lipinski definition) is 1. The summed E-state index contributed by atoms with van der Waals surface area (Å²) in [5.41, 5.74) is 1.61. The van der Waals surface area contributed by atoms with E-state index in [9.17, 15) is 13.2 Å². The van der Waals surface area contributed by atoms with E-state index in [-0.39, 0.29) is 0 Å². The summed E-state index contributed by atoms with van der Waals surface area (Å²) >= 11 is 0. The molecule has 0 bridgehead atoms. The van der Waals surface area contributed by atoms with Crippen molar-refractivity contribution in [1.82, 2.24) is 14.5 Å². The van der Waals surface area contributed by atoms with Crippen molar-refractivity contribution in [2.45, 2.75) is 65.7 Å². The lowest BCUT2D eigenvalue weighted by Gasteiger charge is -2.13. The van der Waals surface area contributed by atoms with Gasteiger partial charge in [-0.1, -0.05) is 20.3 Å². The molecule has 1 rings (SSSR count). The smallest absolute Gasteiger partial charge is 0.268 e. The Balaban J connectivity index is 3.00. The maximum atomic E-state index is 12.3. The van der Waals surface area contributed by atoms with E-state index >= 15 is 0 Å². The molecule has 1 unspecified atom stereocenters. The molecule has 1 N–H and O–H groups in total. The molecule has 0 fully saturated rings. The Labute approximate surface area is 127 Å². The van der Waals surface area contributed by atoms with Gasteiger partial charge in [0.1, 0.15) is 0 Å². The fourth-order valence-corrected chi connectivity index (χ4v) is 3.41. The number of nitrogens with one attached hydrogen (secondary N) is 1. The van der Waals surface area contributed by atoms with Gasteiger partial charge in [-0.25, -0.2) is 13.1 Å². The molecule has 0 aromatic carbocycles. The van der Waals surface area contributed by atoms with Crippen molar-refractivity contribution < 1.29 is 13.2 Å². The predicted octanol–water partition coefficient (Wildman–Crippen LogP) is 2.16. The van der Waals surface area contributed by atoms with Crippen LogP contribution in [-0.2, 0) is 16.6 Å². The van der Waals surface area contributed by atoms with Gasteiger partial charge in [0, 0.05) is 12.2 Å². The number of hydrogen-bond acceptors (Lipinski definition) is 4. The number of carbonyl (C=O) groups is 1. The third-order valence-corrected chi connectivity index (χ3v) is 5.27. The maximum absolute atomic E-state index is 12.3. The zero-order chi connectivity index (χ0) is 16.2. The van der Waals surface area contributed by atoms with Gasteiger partial charge in [0.2, 0.25) is 10.0 Å². The van der Waals surface area contributed by atoms with Crippen molar-refractivity contribution in [3.8, 4) is 0 Å². The van der Waals surface area contributed by atoms with Crippen LogP contribution in [0.2, 0.25) is 0 Å². The van der Waals surface area contributed by atoms with Crippen molar-refractivity contribution >= 4 is 15.9 Å². The number of nitrogens with zero attached hydrogens (tertiary/aromatic N) is 2. The highest BCUT2D eigenvalue weighted by molar-refractivity contribution is 7.90. The van der Waals surface area contributed by atoms with Crippen molar-refractivity contribution in [3.63, 3.8) is 0 Å². The summed E-state index contributed by atoms with van der Waals surface area (Å²) in [5.74, 6) is -0.588. The average molecular weight is 315 g/mol. The van der Waals surface area contributed by atoms with Crippen LogP contribution in [0.4, 0.5) is 0 Å². The Morgan fingerprint density at radius 2 is 1.90 bits per heavy atom. The molecule has 6 nitrogen and oxygen atoms in total. The highest BCUT2D eigenvalue weighted by Gasteiger charge is 2.26. The molecule has 21 heavy (non-hydrogen) atoms. The average Bonchev–Trinajstić information content (AvgIpc) is 2.64. The maximum Gasteiger partial charge on any atom is 0.268 e. The minimum Gasteiger partial charge on any atom is -0.269 e. The second kappa shape index (κ2) is 7.06. The largest absolute Gasteiger partial charge is 0.269 e. The summed E-state index contributed by atoms with van der Waals surface area (Å²) < 4.78 is 28.1. The van der Waals surface area contributed by atoms with Crippen LogP contribution >= 0.6 is 0 Å². The molecule has 1 heterocycles. The van der Waals surface area contributed by atoms with Gasteiger partial charge in [-0.05, 0) is 33.6 Å². The van der Waals surface area contributed by atoms with E-state index in [2.05, 4.69) is 9.82 Å². The number of carbonyl (C=O) groups excluding carboxylic acids is 1. The third-order valence-electron chi connectivity index (χ3n) is 3.50. The van der Waals surface area contributed by atoms with Crippen LogP contribution in [0.3, 0.4) is 0 Å². The highest BCUT2D eigenvalue weighted by Crippen LogP contribution is 2.15. The lowest BCUT2D eigenvalue weighted by Crippen LogP contribution is -2.37. The second-order valence-corrected chi connectivity index (χ2v) is 7.44. The molecule has 1 atom stereocenters. The molecule has 0 saturated heterocycles. The number of amides is 1. The summed E-state index contributed by atoms with van der Waals surface area (Å²) in [6.45, 7) is 9.76. The summed E-state index contributed by atoms with van der Waals surface area (Å²) in [4.78, 5) is 12.3. The molecule has 0 aliphatic rings. The van der Waals surface area contributed by atoms with Crippen LogP contribution in [-0.4, -0.2) is 29.4 Å². The first-order valence-corrected chi connectivity index (χ1v) is 8.89. The van der Waals surface area contributed by atoms with Crippen LogP contribution in [0, 0.1) is 13.8 Å². The van der Waals surface area contributed by atoms with Crippen LogP contribution in [0.25, 0.3) is 0 Å². The summed E-state index contributed by atoms with van der Waals surface area (Å²) in [7, 11) is -3.64. The first kappa shape index (κ1) is 17.7. The van der Waals surface area contributed by atoms with E-state index in [1.165, 1.54) is 0 Å². The van der Waals surface area contributed by atoms with E-state index < -0.39 is 21.2 Å². The van der Waals surface area contributed by atoms with Crippen molar-refractivity contribution in [2.75, 3.05) is 0 Å². The van der Waals surface area contributed by atoms with Gasteiger partial charge in [0.05, 0.1) is 16.5 Å². The van der Waals surface area contributed by atoms with Gasteiger partial charge in [0.25, 0.3) is 5.91 Å². The Kier molecular flexibility index (Phi) is 5.95. The van der Waals surface area contributed by atoms with E-state index in [4.69, 9.17) is 0 Å². The quantitative estimate of drug-likeness (QED) is 0.836. The molecule has 1 amide bonds. The van der Waals surface area contributed by atoms with Crippen LogP contribution in [0.5, 0.6) is 0 Å². The Morgan fingerprint density at radius 1 is 1.29 bits per heavy atom. The zero-order valence-electron chi connectivity index (χ0n) is 13.4. The van der Waals surface area contributed by atoms with E-state index in [1.807, 2.05) is 13.8 Å². The molecule has 0 radical (unpaired) electrons. The van der Waals surface area contributed by atoms with Gasteiger partial charge in [0.15, 0.2) is 0 Å². The van der Waals surface area contributed by atoms with Crippen LogP contribution in [0.1, 0.15) is 61.8 Å². The van der Waals surface area contributed by atoms with Crippen molar-refractivity contribution in [1.29, 1.82) is 0 Å². The van der Waals surface area contributed by atoms with E-state index in [0.717, 1.165) is 12.8 Å². The standard InChI is InChI=1S/C14H25N3O3S/c1-6-8-10(3)21(19,20)16-14(18)13-11(4)15-17(9-7-2)12(13)5/h10H,6-9H2,1-5H3,(H,16,18). The zero-order valence-corrected chi connectivity index (χ0v) is 14.2. The van der Waals surface area contributed by atoms with Gasteiger partial charge in [-0.2, -0.15) is 5.10 Å². The number of sulfonamides is 1. The van der Waals surface area contributed by atoms with Gasteiger partial charge in [-0.3, -0.25) is 9.48 Å². The van der Waals surface area contributed by atoms with Crippen molar-refractivity contribution in [2.24, 2.45) is 0 Å². The van der Waals surface area contributed by atoms with Crippen molar-refractivity contribution in [3.05, 3.63) is 17.0 Å². The molecule has 0 saturated carbocycles. The molecular formula is C14H25N3O3S. The summed E-state index contributed by atoms with van der Waals surface area (Å²) in [5, 5.41) is 3.71. The molecule has 120 valence electrons. The first-order chi connectivity index (χ1) is 9.74. The predicted molar refractivity (Wildman–Crippen MR) is 82.7 cm³/mol. The lowest BCUT2D eigenvalue weighted by atomic mass is 10.2. The van der Waals surface area contributed by atoms with Gasteiger partial charge >= 0.3 is 0 Å². The molecule has 1 aromatic heterocycles. The Hall–Kier alpha value is -1.37. The second-order valence-electron chi connectivity index (χ2n) is 5.34. The topological polar surface area (TPSA) is 81.1 Å². The van der Waals surface area contributed by atoms with Gasteiger partial charge in [-0.15, -0.1) is 0 Å². The third kappa shape index (κ3) is 4.06. The number of aromatic nitrogens is 2. The van der Waals surface area contributed by atoms with E-state index in [1.54, 1.807) is 25.5 Å². The van der Waals surface area contributed by atoms with Crippen LogP contribution in [0.15, 0.2) is 0 Å². The number of rotatable bonds is 7. The fourth-order valence-electron chi connectivity index (χ4n) is 2.30. The monoisotopic (exact) mass is 315 g/mol.